The van der Waals surface area contributed by atoms with Crippen LogP contribution in [-0.4, -0.2) is 23.9 Å². The third-order valence-corrected chi connectivity index (χ3v) is 7.33. The van der Waals surface area contributed by atoms with Crippen molar-refractivity contribution in [2.45, 2.75) is 33.1 Å². The van der Waals surface area contributed by atoms with Crippen LogP contribution in [0.15, 0.2) is 14.3 Å². The summed E-state index contributed by atoms with van der Waals surface area (Å²) in [5.41, 5.74) is 0.349. The fourth-order valence-electron chi connectivity index (χ4n) is 2.54. The van der Waals surface area contributed by atoms with E-state index in [9.17, 15) is 4.79 Å². The van der Waals surface area contributed by atoms with Crippen molar-refractivity contribution >= 4 is 49.1 Å². The molecule has 1 aromatic rings. The largest absolute Gasteiger partial charge is 0.337 e. The van der Waals surface area contributed by atoms with Gasteiger partial charge in [0.15, 0.2) is 0 Å². The number of carbonyl (C=O) groups is 1. The van der Waals surface area contributed by atoms with Crippen LogP contribution < -0.4 is 0 Å². The molecule has 1 aromatic heterocycles. The van der Waals surface area contributed by atoms with Crippen LogP contribution >= 0.6 is 43.2 Å². The quantitative estimate of drug-likeness (QED) is 0.711. The van der Waals surface area contributed by atoms with E-state index in [1.807, 2.05) is 11.0 Å². The topological polar surface area (TPSA) is 20.3 Å². The summed E-state index contributed by atoms with van der Waals surface area (Å²) in [6.07, 6.45) is 3.45. The zero-order valence-corrected chi connectivity index (χ0v) is 14.6. The second-order valence-corrected chi connectivity index (χ2v) is 8.14. The number of carbonyl (C=O) groups excluding carboxylic acids is 1. The molecule has 0 aromatic carbocycles. The summed E-state index contributed by atoms with van der Waals surface area (Å²) in [6.45, 7) is 6.27. The first kappa shape index (κ1) is 14.5. The molecule has 0 saturated carbocycles. The lowest BCUT2D eigenvalue weighted by molar-refractivity contribution is 0.0774. The van der Waals surface area contributed by atoms with E-state index in [2.05, 4.69) is 45.7 Å². The van der Waals surface area contributed by atoms with Crippen LogP contribution in [0.5, 0.6) is 0 Å². The van der Waals surface area contributed by atoms with Crippen LogP contribution in [0.1, 0.15) is 42.8 Å². The van der Waals surface area contributed by atoms with Gasteiger partial charge in [0, 0.05) is 17.6 Å². The van der Waals surface area contributed by atoms with Crippen LogP contribution in [0.2, 0.25) is 0 Å². The van der Waals surface area contributed by atoms with Crippen molar-refractivity contribution in [3.05, 3.63) is 19.2 Å². The number of hydrogen-bond acceptors (Lipinski definition) is 2. The van der Waals surface area contributed by atoms with Crippen LogP contribution in [0.4, 0.5) is 0 Å². The average Bonchev–Trinajstić information content (AvgIpc) is 2.94. The summed E-state index contributed by atoms with van der Waals surface area (Å²) >= 11 is 8.38. The van der Waals surface area contributed by atoms with E-state index < -0.39 is 0 Å². The molecule has 0 spiro atoms. The van der Waals surface area contributed by atoms with E-state index in [-0.39, 0.29) is 5.91 Å². The van der Waals surface area contributed by atoms with E-state index >= 15 is 0 Å². The minimum absolute atomic E-state index is 0.176. The lowest BCUT2D eigenvalue weighted by Gasteiger charge is -2.26. The van der Waals surface area contributed by atoms with Gasteiger partial charge in [-0.2, -0.15) is 0 Å². The van der Waals surface area contributed by atoms with E-state index in [1.54, 1.807) is 0 Å². The Morgan fingerprint density at radius 3 is 2.56 bits per heavy atom. The average molecular weight is 395 g/mol. The summed E-state index contributed by atoms with van der Waals surface area (Å²) in [6, 6.07) is 1.91. The Balaban J connectivity index is 2.12. The van der Waals surface area contributed by atoms with Crippen LogP contribution in [0.25, 0.3) is 0 Å². The highest BCUT2D eigenvalue weighted by Crippen LogP contribution is 2.39. The maximum absolute atomic E-state index is 12.4. The van der Waals surface area contributed by atoms with Gasteiger partial charge in [0.2, 0.25) is 0 Å². The lowest BCUT2D eigenvalue weighted by Crippen LogP contribution is -2.31. The van der Waals surface area contributed by atoms with Gasteiger partial charge in [0.1, 0.15) is 0 Å². The first-order valence-electron chi connectivity index (χ1n) is 6.25. The molecule has 18 heavy (non-hydrogen) atoms. The molecule has 1 saturated heterocycles. The number of rotatable bonds is 3. The maximum Gasteiger partial charge on any atom is 0.264 e. The summed E-state index contributed by atoms with van der Waals surface area (Å²) in [5, 5.41) is 0. The second kappa shape index (κ2) is 5.63. The number of nitrogens with zero attached hydrogens (tertiary/aromatic N) is 1. The van der Waals surface area contributed by atoms with Crippen molar-refractivity contribution in [2.24, 2.45) is 5.41 Å². The predicted octanol–water partition coefficient (Wildman–Crippen LogP) is 4.93. The van der Waals surface area contributed by atoms with Gasteiger partial charge in [-0.25, -0.2) is 0 Å². The fourth-order valence-corrected chi connectivity index (χ4v) is 4.55. The Bertz CT molecular complexity index is 434. The molecule has 2 nitrogen and oxygen atoms in total. The molecule has 0 radical (unpaired) electrons. The van der Waals surface area contributed by atoms with Crippen molar-refractivity contribution < 1.29 is 4.79 Å². The van der Waals surface area contributed by atoms with Gasteiger partial charge < -0.3 is 4.90 Å². The van der Waals surface area contributed by atoms with Crippen molar-refractivity contribution in [3.63, 3.8) is 0 Å². The van der Waals surface area contributed by atoms with E-state index in [4.69, 9.17) is 0 Å². The zero-order chi connectivity index (χ0) is 13.3. The van der Waals surface area contributed by atoms with E-state index in [0.29, 0.717) is 5.41 Å². The predicted molar refractivity (Wildman–Crippen MR) is 83.3 cm³/mol. The van der Waals surface area contributed by atoms with Crippen molar-refractivity contribution in [3.8, 4) is 0 Å². The van der Waals surface area contributed by atoms with Gasteiger partial charge >= 0.3 is 0 Å². The van der Waals surface area contributed by atoms with Crippen molar-refractivity contribution in [1.29, 1.82) is 0 Å². The molecule has 1 fully saturated rings. The van der Waals surface area contributed by atoms with Crippen molar-refractivity contribution in [1.82, 2.24) is 4.90 Å². The third-order valence-electron chi connectivity index (χ3n) is 4.08. The van der Waals surface area contributed by atoms with Gasteiger partial charge in [-0.1, -0.05) is 13.8 Å². The normalized spacial score (nSPS) is 18.3. The highest BCUT2D eigenvalue weighted by atomic mass is 79.9. The molecule has 1 amide bonds. The molecular formula is C13H17Br2NOS. The van der Waals surface area contributed by atoms with Gasteiger partial charge in [-0.15, -0.1) is 11.3 Å². The monoisotopic (exact) mass is 393 g/mol. The highest BCUT2D eigenvalue weighted by Gasteiger charge is 2.37. The van der Waals surface area contributed by atoms with Crippen LogP contribution in [-0.2, 0) is 0 Å². The molecule has 0 atom stereocenters. The van der Waals surface area contributed by atoms with Gasteiger partial charge in [0.05, 0.1) is 8.66 Å². The molecule has 100 valence electrons. The molecule has 0 aliphatic carbocycles. The molecule has 1 aliphatic heterocycles. The lowest BCUT2D eigenvalue weighted by atomic mass is 9.82. The Hall–Kier alpha value is 0.130. The molecule has 5 heteroatoms. The van der Waals surface area contributed by atoms with E-state index in [0.717, 1.165) is 45.5 Å². The van der Waals surface area contributed by atoms with Crippen molar-refractivity contribution in [2.75, 3.05) is 13.1 Å². The summed E-state index contributed by atoms with van der Waals surface area (Å²) in [5.74, 6) is 0.176. The summed E-state index contributed by atoms with van der Waals surface area (Å²) < 4.78 is 1.95. The number of thiophene rings is 1. The van der Waals surface area contributed by atoms with Gasteiger partial charge in [-0.3, -0.25) is 4.79 Å². The summed E-state index contributed by atoms with van der Waals surface area (Å²) in [4.78, 5) is 15.3. The Labute approximate surface area is 129 Å². The zero-order valence-electron chi connectivity index (χ0n) is 10.6. The summed E-state index contributed by atoms with van der Waals surface area (Å²) in [7, 11) is 0. The molecule has 0 unspecified atom stereocenters. The minimum Gasteiger partial charge on any atom is -0.337 e. The molecule has 2 heterocycles. The molecule has 0 bridgehead atoms. The van der Waals surface area contributed by atoms with Gasteiger partial charge in [0.25, 0.3) is 5.91 Å². The molecule has 1 aliphatic rings. The number of halogens is 2. The number of amides is 1. The second-order valence-electron chi connectivity index (χ2n) is 4.92. The molecule has 2 rings (SSSR count). The fraction of sp³-hybridized carbons (Fsp3) is 0.615. The van der Waals surface area contributed by atoms with Crippen LogP contribution in [0.3, 0.4) is 0 Å². The van der Waals surface area contributed by atoms with Crippen LogP contribution in [0, 0.1) is 5.41 Å². The highest BCUT2D eigenvalue weighted by molar-refractivity contribution is 9.13. The molecule has 0 N–H and O–H groups in total. The first-order valence-corrected chi connectivity index (χ1v) is 8.65. The smallest absolute Gasteiger partial charge is 0.264 e. The number of likely N-dealkylation sites (tertiary alicyclic amines) is 1. The van der Waals surface area contributed by atoms with E-state index in [1.165, 1.54) is 11.3 Å². The maximum atomic E-state index is 12.4. The Morgan fingerprint density at radius 2 is 2.11 bits per heavy atom. The Morgan fingerprint density at radius 1 is 1.44 bits per heavy atom. The van der Waals surface area contributed by atoms with Gasteiger partial charge in [-0.05, 0) is 62.6 Å². The number of hydrogen-bond donors (Lipinski definition) is 0. The third kappa shape index (κ3) is 2.68. The first-order chi connectivity index (χ1) is 8.51. The minimum atomic E-state index is 0.176. The SMILES string of the molecule is CCC1(CC)CCN(C(=O)c2cc(Br)c(Br)s2)C1. The standard InChI is InChI=1S/C13H17Br2NOS/c1-3-13(4-2)5-6-16(8-13)12(17)10-7-9(14)11(15)18-10/h7H,3-6,8H2,1-2H3. The molecular weight excluding hydrogens is 378 g/mol. The Kier molecular flexibility index (Phi) is 4.55.